The molecule has 0 saturated carbocycles. The van der Waals surface area contributed by atoms with E-state index in [0.717, 1.165) is 29.5 Å². The Balaban J connectivity index is 1.86. The lowest BCUT2D eigenvalue weighted by Gasteiger charge is -2.53. The summed E-state index contributed by atoms with van der Waals surface area (Å²) in [7, 11) is 0. The van der Waals surface area contributed by atoms with Gasteiger partial charge in [-0.25, -0.2) is 9.69 Å². The number of para-hydroxylation sites is 1. The normalized spacial score (nSPS) is 17.3. The van der Waals surface area contributed by atoms with Gasteiger partial charge in [-0.05, 0) is 37.8 Å². The van der Waals surface area contributed by atoms with Crippen LogP contribution in [0.3, 0.4) is 0 Å². The first-order valence-electron chi connectivity index (χ1n) is 12.5. The number of urea groups is 1. The molecule has 0 spiro atoms. The van der Waals surface area contributed by atoms with Crippen LogP contribution >= 0.6 is 0 Å². The van der Waals surface area contributed by atoms with Gasteiger partial charge in [0.1, 0.15) is 11.2 Å². The van der Waals surface area contributed by atoms with Crippen molar-refractivity contribution >= 4 is 17.8 Å². The first-order chi connectivity index (χ1) is 16.8. The molecule has 7 nitrogen and oxygen atoms in total. The van der Waals surface area contributed by atoms with Gasteiger partial charge in [-0.3, -0.25) is 9.59 Å². The summed E-state index contributed by atoms with van der Waals surface area (Å²) in [5, 5.41) is 5.86. The number of carbonyl (C=O) groups excluding carboxylic acids is 3. The molecule has 0 aliphatic carbocycles. The second-order valence-corrected chi connectivity index (χ2v) is 9.23. The Morgan fingerprint density at radius 1 is 1.06 bits per heavy atom. The number of benzene rings is 2. The van der Waals surface area contributed by atoms with Gasteiger partial charge in [0.05, 0.1) is 6.04 Å². The minimum atomic E-state index is -0.775. The topological polar surface area (TPSA) is 87.7 Å². The molecule has 2 aromatic rings. The molecule has 1 fully saturated rings. The van der Waals surface area contributed by atoms with E-state index in [2.05, 4.69) is 17.6 Å². The predicted octanol–water partition coefficient (Wildman–Crippen LogP) is 5.24. The van der Waals surface area contributed by atoms with Crippen LogP contribution in [0.15, 0.2) is 48.5 Å². The van der Waals surface area contributed by atoms with Crippen molar-refractivity contribution in [1.29, 1.82) is 0 Å². The van der Waals surface area contributed by atoms with E-state index in [-0.39, 0.29) is 17.9 Å². The lowest BCUT2D eigenvalue weighted by molar-refractivity contribution is -0.191. The zero-order chi connectivity index (χ0) is 25.6. The lowest BCUT2D eigenvalue weighted by Crippen LogP contribution is -2.73. The zero-order valence-electron chi connectivity index (χ0n) is 21.4. The Hall–Kier alpha value is -3.35. The molecule has 0 aromatic heterocycles. The van der Waals surface area contributed by atoms with Crippen molar-refractivity contribution in [3.63, 3.8) is 0 Å². The lowest BCUT2D eigenvalue weighted by atomic mass is 9.72. The number of likely N-dealkylation sites (tertiary alicyclic amines) is 1. The Labute approximate surface area is 208 Å². The quantitative estimate of drug-likeness (QED) is 0.457. The maximum Gasteiger partial charge on any atom is 0.327 e. The molecule has 2 atom stereocenters. The van der Waals surface area contributed by atoms with E-state index in [0.29, 0.717) is 25.1 Å². The van der Waals surface area contributed by atoms with Crippen LogP contribution in [-0.4, -0.2) is 29.0 Å². The number of nitrogens with zero attached hydrogens (tertiary/aromatic N) is 1. The van der Waals surface area contributed by atoms with Gasteiger partial charge in [-0.2, -0.15) is 0 Å². The number of imide groups is 1. The van der Waals surface area contributed by atoms with Crippen LogP contribution in [0.25, 0.3) is 0 Å². The smallest absolute Gasteiger partial charge is 0.327 e. The van der Waals surface area contributed by atoms with Crippen molar-refractivity contribution < 1.29 is 19.1 Å². The summed E-state index contributed by atoms with van der Waals surface area (Å²) >= 11 is 0. The van der Waals surface area contributed by atoms with Crippen molar-refractivity contribution in [3.8, 4) is 5.75 Å². The fourth-order valence-electron chi connectivity index (χ4n) is 4.63. The molecule has 4 amide bonds. The van der Waals surface area contributed by atoms with E-state index < -0.39 is 17.7 Å². The number of rotatable bonds is 10. The maximum atomic E-state index is 13.4. The molecule has 188 valence electrons. The number of hydrogen-bond donors (Lipinski definition) is 2. The van der Waals surface area contributed by atoms with E-state index in [1.807, 2.05) is 63.2 Å². The van der Waals surface area contributed by atoms with Crippen LogP contribution in [0.1, 0.15) is 76.1 Å². The third-order valence-electron chi connectivity index (χ3n) is 6.93. The summed E-state index contributed by atoms with van der Waals surface area (Å²) < 4.78 is 6.37. The predicted molar refractivity (Wildman–Crippen MR) is 136 cm³/mol. The summed E-state index contributed by atoms with van der Waals surface area (Å²) in [5.41, 5.74) is 2.17. The molecule has 1 saturated heterocycles. The number of β-lactam (4-membered cyclic amide) rings is 1. The highest BCUT2D eigenvalue weighted by atomic mass is 16.5. The van der Waals surface area contributed by atoms with Crippen molar-refractivity contribution in [1.82, 2.24) is 15.5 Å². The third-order valence-corrected chi connectivity index (χ3v) is 6.93. The van der Waals surface area contributed by atoms with Gasteiger partial charge in [0, 0.05) is 19.0 Å². The number of nitrogens with one attached hydrogen (secondary N) is 2. The van der Waals surface area contributed by atoms with Crippen molar-refractivity contribution in [2.24, 2.45) is 5.41 Å². The standard InChI is InChI=1S/C28H37N3O4/c1-6-11-23(21-16-14-19(4)15-17-21)30-27(34)31-25(33)28(7-2,8-3)26(31)35-24-13-10-9-12-22(24)18-29-20(5)32/h9-10,12-17,23,26H,6-8,11,18H2,1-5H3,(H,29,32)(H,30,34)/t23-,26+/m1/s1. The van der Waals surface area contributed by atoms with Crippen LogP contribution in [0, 0.1) is 12.3 Å². The van der Waals surface area contributed by atoms with Gasteiger partial charge >= 0.3 is 6.03 Å². The van der Waals surface area contributed by atoms with Crippen LogP contribution in [0.4, 0.5) is 4.79 Å². The number of ether oxygens (including phenoxy) is 1. The van der Waals surface area contributed by atoms with Crippen LogP contribution in [0.5, 0.6) is 5.75 Å². The average molecular weight is 480 g/mol. The highest BCUT2D eigenvalue weighted by Gasteiger charge is 2.63. The van der Waals surface area contributed by atoms with E-state index in [9.17, 15) is 14.4 Å². The summed E-state index contributed by atoms with van der Waals surface area (Å²) in [6, 6.07) is 14.8. The van der Waals surface area contributed by atoms with E-state index >= 15 is 0 Å². The summed E-state index contributed by atoms with van der Waals surface area (Å²) in [5.74, 6) is 0.184. The number of amides is 4. The largest absolute Gasteiger partial charge is 0.468 e. The molecule has 2 aromatic carbocycles. The highest BCUT2D eigenvalue weighted by Crippen LogP contribution is 2.46. The molecule has 1 aliphatic rings. The fourth-order valence-corrected chi connectivity index (χ4v) is 4.63. The Morgan fingerprint density at radius 2 is 1.71 bits per heavy atom. The summed E-state index contributed by atoms with van der Waals surface area (Å²) in [6.45, 7) is 9.75. The van der Waals surface area contributed by atoms with E-state index in [4.69, 9.17) is 4.74 Å². The Bertz CT molecular complexity index is 1050. The van der Waals surface area contributed by atoms with Gasteiger partial charge in [-0.1, -0.05) is 75.2 Å². The van der Waals surface area contributed by atoms with Crippen molar-refractivity contribution in [3.05, 3.63) is 65.2 Å². The maximum absolute atomic E-state index is 13.4. The molecule has 7 heteroatoms. The molecule has 0 radical (unpaired) electrons. The van der Waals surface area contributed by atoms with Crippen LogP contribution < -0.4 is 15.4 Å². The second-order valence-electron chi connectivity index (χ2n) is 9.23. The van der Waals surface area contributed by atoms with Crippen molar-refractivity contribution in [2.75, 3.05) is 0 Å². The Kier molecular flexibility index (Phi) is 8.54. The fraction of sp³-hybridized carbons (Fsp3) is 0.464. The number of hydrogen-bond acceptors (Lipinski definition) is 4. The van der Waals surface area contributed by atoms with Crippen molar-refractivity contribution in [2.45, 2.75) is 79.1 Å². The Morgan fingerprint density at radius 3 is 2.31 bits per heavy atom. The molecule has 3 rings (SSSR count). The molecule has 2 N–H and O–H groups in total. The monoisotopic (exact) mass is 479 g/mol. The molecule has 35 heavy (non-hydrogen) atoms. The first-order valence-corrected chi connectivity index (χ1v) is 12.5. The van der Waals surface area contributed by atoms with E-state index in [1.165, 1.54) is 11.8 Å². The first kappa shape index (κ1) is 26.3. The van der Waals surface area contributed by atoms with Gasteiger partial charge in [-0.15, -0.1) is 0 Å². The summed E-state index contributed by atoms with van der Waals surface area (Å²) in [6.07, 6.45) is 2.02. The third kappa shape index (κ3) is 5.50. The molecule has 0 bridgehead atoms. The highest BCUT2D eigenvalue weighted by molar-refractivity contribution is 6.03. The van der Waals surface area contributed by atoms with Crippen LogP contribution in [0.2, 0.25) is 0 Å². The SMILES string of the molecule is CCC[C@@H](NC(=O)N1C(=O)C(CC)(CC)[C@@H]1Oc1ccccc1CNC(C)=O)c1ccc(C)cc1. The molecular formula is C28H37N3O4. The van der Waals surface area contributed by atoms with Gasteiger partial charge < -0.3 is 15.4 Å². The molecule has 0 unspecified atom stereocenters. The van der Waals surface area contributed by atoms with Gasteiger partial charge in [0.2, 0.25) is 11.8 Å². The van der Waals surface area contributed by atoms with Gasteiger partial charge in [0.15, 0.2) is 6.23 Å². The molecule has 1 heterocycles. The number of aryl methyl sites for hydroxylation is 1. The number of carbonyl (C=O) groups is 3. The minimum Gasteiger partial charge on any atom is -0.468 e. The average Bonchev–Trinajstić information content (AvgIpc) is 2.84. The minimum absolute atomic E-state index is 0.144. The molecular weight excluding hydrogens is 442 g/mol. The second kappa shape index (κ2) is 11.4. The molecule has 1 aliphatic heterocycles. The van der Waals surface area contributed by atoms with E-state index in [1.54, 1.807) is 6.07 Å². The zero-order valence-corrected chi connectivity index (χ0v) is 21.4. The van der Waals surface area contributed by atoms with Gasteiger partial charge in [0.25, 0.3) is 0 Å². The summed E-state index contributed by atoms with van der Waals surface area (Å²) in [4.78, 5) is 39.4. The van der Waals surface area contributed by atoms with Crippen LogP contribution in [-0.2, 0) is 16.1 Å².